The second-order valence-electron chi connectivity index (χ2n) is 13.9. The van der Waals surface area contributed by atoms with E-state index in [-0.39, 0.29) is 0 Å². The topological polar surface area (TPSA) is 29.3 Å². The van der Waals surface area contributed by atoms with Crippen molar-refractivity contribution >= 4 is 81.2 Å². The summed E-state index contributed by atoms with van der Waals surface area (Å²) >= 11 is 1.87. The van der Waals surface area contributed by atoms with Crippen LogP contribution in [0.25, 0.3) is 86.5 Å². The zero-order chi connectivity index (χ0) is 36.3. The van der Waals surface area contributed by atoms with Gasteiger partial charge in [0.25, 0.3) is 0 Å². The van der Waals surface area contributed by atoms with Crippen LogP contribution in [-0.2, 0) is 0 Å². The van der Waals surface area contributed by atoms with Crippen LogP contribution >= 0.6 is 11.3 Å². The summed E-state index contributed by atoms with van der Waals surface area (Å²) in [5.41, 5.74) is 10.6. The number of benzene rings is 9. The highest BCUT2D eigenvalue weighted by Crippen LogP contribution is 2.45. The molecule has 0 spiro atoms. The normalized spacial score (nSPS) is 11.6. The minimum absolute atomic E-state index is 0.626. The third-order valence-electron chi connectivity index (χ3n) is 10.7. The summed E-state index contributed by atoms with van der Waals surface area (Å²) in [5, 5.41) is 7.06. The van der Waals surface area contributed by atoms with Crippen LogP contribution in [0.15, 0.2) is 199 Å². The standard InChI is InChI=1S/C51H32N2OS/c1-3-12-33(13-4-1)40-16-7-9-20-46(40)53(38-28-24-34(25-29-38)41-18-11-19-43-42-17-8-10-21-47(42)55-50(41)43)39-30-26-35-22-23-36-27-31-45-49(48(36)44(35)32-39)54-51(52-45)37-14-5-2-6-15-37/h1-32H. The van der Waals surface area contributed by atoms with Crippen LogP contribution in [-0.4, -0.2) is 4.98 Å². The van der Waals surface area contributed by atoms with Gasteiger partial charge in [-0.05, 0) is 87.4 Å². The maximum atomic E-state index is 6.60. The number of anilines is 3. The van der Waals surface area contributed by atoms with Gasteiger partial charge in [-0.25, -0.2) is 4.98 Å². The van der Waals surface area contributed by atoms with Gasteiger partial charge in [-0.15, -0.1) is 11.3 Å². The van der Waals surface area contributed by atoms with Crippen molar-refractivity contribution in [1.29, 1.82) is 0 Å². The second-order valence-corrected chi connectivity index (χ2v) is 15.0. The smallest absolute Gasteiger partial charge is 0.227 e. The second kappa shape index (κ2) is 12.8. The van der Waals surface area contributed by atoms with Crippen molar-refractivity contribution in [3.05, 3.63) is 194 Å². The minimum Gasteiger partial charge on any atom is -0.435 e. The number of aromatic nitrogens is 1. The van der Waals surface area contributed by atoms with Gasteiger partial charge in [0.05, 0.1) is 5.69 Å². The molecule has 0 radical (unpaired) electrons. The highest BCUT2D eigenvalue weighted by atomic mass is 32.1. The van der Waals surface area contributed by atoms with Gasteiger partial charge < -0.3 is 9.32 Å². The summed E-state index contributed by atoms with van der Waals surface area (Å²) in [6.07, 6.45) is 0. The van der Waals surface area contributed by atoms with E-state index in [0.717, 1.165) is 60.8 Å². The van der Waals surface area contributed by atoms with Crippen LogP contribution in [0.1, 0.15) is 0 Å². The summed E-state index contributed by atoms with van der Waals surface area (Å²) in [6.45, 7) is 0. The van der Waals surface area contributed by atoms with Crippen LogP contribution in [0.5, 0.6) is 0 Å². The molecule has 11 rings (SSSR count). The van der Waals surface area contributed by atoms with Crippen LogP contribution in [0.4, 0.5) is 17.1 Å². The van der Waals surface area contributed by atoms with Gasteiger partial charge in [-0.2, -0.15) is 0 Å². The number of oxazole rings is 1. The van der Waals surface area contributed by atoms with Crippen molar-refractivity contribution in [1.82, 2.24) is 4.98 Å². The monoisotopic (exact) mass is 720 g/mol. The fourth-order valence-electron chi connectivity index (χ4n) is 8.08. The van der Waals surface area contributed by atoms with E-state index >= 15 is 0 Å². The van der Waals surface area contributed by atoms with Crippen molar-refractivity contribution in [2.75, 3.05) is 4.90 Å². The zero-order valence-corrected chi connectivity index (χ0v) is 30.5. The highest BCUT2D eigenvalue weighted by molar-refractivity contribution is 7.26. The van der Waals surface area contributed by atoms with E-state index in [9.17, 15) is 0 Å². The van der Waals surface area contributed by atoms with Gasteiger partial charge in [-0.1, -0.05) is 140 Å². The molecule has 0 aliphatic rings. The summed E-state index contributed by atoms with van der Waals surface area (Å²) in [6, 6.07) is 69.3. The van der Waals surface area contributed by atoms with Crippen molar-refractivity contribution in [3.8, 4) is 33.7 Å². The maximum absolute atomic E-state index is 6.60. The maximum Gasteiger partial charge on any atom is 0.227 e. The summed E-state index contributed by atoms with van der Waals surface area (Å²) in [5.74, 6) is 0.626. The van der Waals surface area contributed by atoms with Crippen LogP contribution in [0, 0.1) is 0 Å². The highest BCUT2D eigenvalue weighted by Gasteiger charge is 2.20. The first-order valence-electron chi connectivity index (χ1n) is 18.5. The van der Waals surface area contributed by atoms with Gasteiger partial charge in [-0.3, -0.25) is 0 Å². The van der Waals surface area contributed by atoms with E-state index in [2.05, 4.69) is 169 Å². The molecule has 258 valence electrons. The molecule has 0 atom stereocenters. The zero-order valence-electron chi connectivity index (χ0n) is 29.7. The Kier molecular flexibility index (Phi) is 7.35. The molecular weight excluding hydrogens is 689 g/mol. The van der Waals surface area contributed by atoms with E-state index < -0.39 is 0 Å². The van der Waals surface area contributed by atoms with E-state index in [1.807, 2.05) is 41.7 Å². The Labute approximate surface area is 322 Å². The predicted octanol–water partition coefficient (Wildman–Crippen LogP) is 15.0. The predicted molar refractivity (Wildman–Crippen MR) is 233 cm³/mol. The molecule has 2 aromatic heterocycles. The van der Waals surface area contributed by atoms with Crippen LogP contribution in [0.3, 0.4) is 0 Å². The van der Waals surface area contributed by atoms with Gasteiger partial charge in [0.15, 0.2) is 5.58 Å². The molecule has 2 heterocycles. The Bertz CT molecular complexity index is 3200. The summed E-state index contributed by atoms with van der Waals surface area (Å²) in [7, 11) is 0. The largest absolute Gasteiger partial charge is 0.435 e. The summed E-state index contributed by atoms with van der Waals surface area (Å²) in [4.78, 5) is 7.32. The Morgan fingerprint density at radius 2 is 1.09 bits per heavy atom. The number of para-hydroxylation sites is 1. The van der Waals surface area contributed by atoms with Gasteiger partial charge >= 0.3 is 0 Å². The molecule has 0 saturated heterocycles. The molecule has 0 fully saturated rings. The fourth-order valence-corrected chi connectivity index (χ4v) is 9.31. The molecule has 55 heavy (non-hydrogen) atoms. The van der Waals surface area contributed by atoms with Crippen molar-refractivity contribution in [2.24, 2.45) is 0 Å². The van der Waals surface area contributed by atoms with Crippen molar-refractivity contribution in [3.63, 3.8) is 0 Å². The molecule has 0 unspecified atom stereocenters. The number of thiophene rings is 1. The molecule has 9 aromatic carbocycles. The first kappa shape index (κ1) is 31.5. The lowest BCUT2D eigenvalue weighted by Gasteiger charge is -2.28. The quantitative estimate of drug-likeness (QED) is 0.160. The lowest BCUT2D eigenvalue weighted by molar-refractivity contribution is 0.623. The fraction of sp³-hybridized carbons (Fsp3) is 0. The summed E-state index contributed by atoms with van der Waals surface area (Å²) < 4.78 is 9.23. The Morgan fingerprint density at radius 3 is 1.95 bits per heavy atom. The molecule has 0 N–H and O–H groups in total. The van der Waals surface area contributed by atoms with E-state index in [4.69, 9.17) is 9.40 Å². The molecular formula is C51H32N2OS. The van der Waals surface area contributed by atoms with Crippen molar-refractivity contribution < 1.29 is 4.42 Å². The molecule has 0 aliphatic heterocycles. The van der Waals surface area contributed by atoms with Gasteiger partial charge in [0.2, 0.25) is 5.89 Å². The minimum atomic E-state index is 0.626. The first-order valence-corrected chi connectivity index (χ1v) is 19.4. The number of nitrogens with zero attached hydrogens (tertiary/aromatic N) is 2. The average Bonchev–Trinajstić information content (AvgIpc) is 3.87. The lowest BCUT2D eigenvalue weighted by atomic mass is 9.98. The number of hydrogen-bond donors (Lipinski definition) is 0. The van der Waals surface area contributed by atoms with Gasteiger partial charge in [0, 0.05) is 48.1 Å². The van der Waals surface area contributed by atoms with Crippen LogP contribution in [0.2, 0.25) is 0 Å². The molecule has 4 heteroatoms. The molecule has 0 saturated carbocycles. The first-order chi connectivity index (χ1) is 27.3. The van der Waals surface area contributed by atoms with Gasteiger partial charge in [0.1, 0.15) is 5.52 Å². The van der Waals surface area contributed by atoms with E-state index in [1.54, 1.807) is 0 Å². The lowest BCUT2D eigenvalue weighted by Crippen LogP contribution is -2.11. The average molecular weight is 721 g/mol. The third kappa shape index (κ3) is 5.30. The molecule has 0 bridgehead atoms. The van der Waals surface area contributed by atoms with E-state index in [0.29, 0.717) is 5.89 Å². The number of hydrogen-bond acceptors (Lipinski definition) is 4. The number of rotatable bonds is 6. The number of fused-ring (bicyclic) bond motifs is 8. The van der Waals surface area contributed by atoms with E-state index in [1.165, 1.54) is 36.9 Å². The molecule has 3 nitrogen and oxygen atoms in total. The van der Waals surface area contributed by atoms with Crippen LogP contribution < -0.4 is 4.90 Å². The van der Waals surface area contributed by atoms with Crippen molar-refractivity contribution in [2.45, 2.75) is 0 Å². The Morgan fingerprint density at radius 1 is 0.455 bits per heavy atom. The SMILES string of the molecule is c1ccc(-c2nc3ccc4ccc5ccc(N(c6ccc(-c7cccc8c7sc7ccccc78)cc6)c6ccccc6-c6ccccc6)cc5c4c3o2)cc1. The Balaban J connectivity index is 1.11. The molecule has 11 aromatic rings. The third-order valence-corrected chi connectivity index (χ3v) is 11.9. The molecule has 0 aliphatic carbocycles. The Hall–Kier alpha value is -7.01. The molecule has 0 amide bonds.